The molecule has 0 bridgehead atoms. The summed E-state index contributed by atoms with van der Waals surface area (Å²) in [6.07, 6.45) is 0.530. The van der Waals surface area contributed by atoms with Gasteiger partial charge in [-0.25, -0.2) is 4.39 Å². The fourth-order valence-corrected chi connectivity index (χ4v) is 3.42. The second-order valence-electron chi connectivity index (χ2n) is 7.91. The molecule has 2 unspecified atom stereocenters. The molecule has 2 atom stereocenters. The van der Waals surface area contributed by atoms with E-state index in [2.05, 4.69) is 34.4 Å². The molecule has 1 fully saturated rings. The summed E-state index contributed by atoms with van der Waals surface area (Å²) < 4.78 is 18.9. The van der Waals surface area contributed by atoms with E-state index in [1.807, 2.05) is 0 Å². The monoisotopic (exact) mass is 407 g/mol. The molecular formula is C21H34FN5O2. The number of hydrogen-bond acceptors (Lipinski definition) is 4. The average Bonchev–Trinajstić information content (AvgIpc) is 2.68. The van der Waals surface area contributed by atoms with Gasteiger partial charge in [-0.05, 0) is 30.0 Å². The van der Waals surface area contributed by atoms with Gasteiger partial charge in [0, 0.05) is 39.8 Å². The first-order chi connectivity index (χ1) is 13.9. The van der Waals surface area contributed by atoms with Crippen LogP contribution in [0.2, 0.25) is 0 Å². The number of aliphatic imine (C=N–C) groups is 1. The summed E-state index contributed by atoms with van der Waals surface area (Å²) in [5.74, 6) is 0.0932. The highest BCUT2D eigenvalue weighted by molar-refractivity contribution is 5.81. The van der Waals surface area contributed by atoms with Crippen molar-refractivity contribution in [2.24, 2.45) is 22.6 Å². The van der Waals surface area contributed by atoms with E-state index in [4.69, 9.17) is 10.5 Å². The molecule has 29 heavy (non-hydrogen) atoms. The lowest BCUT2D eigenvalue weighted by atomic mass is 9.98. The van der Waals surface area contributed by atoms with Crippen molar-refractivity contribution in [1.82, 2.24) is 15.5 Å². The number of nitrogens with one attached hydrogen (secondary N) is 2. The molecule has 162 valence electrons. The standard InChI is InChI=1S/C21H34FN5O2/c1-15(2)13-27-8-9-29-19(14-27)12-26-21(24-3)25-11-17(20(23)28)10-16-4-6-18(22)7-5-16/h4-7,15,17,19H,8-14H2,1-3H3,(H2,23,28)(H2,24,25,26). The minimum atomic E-state index is -0.425. The Morgan fingerprint density at radius 2 is 2.07 bits per heavy atom. The molecule has 1 saturated heterocycles. The lowest BCUT2D eigenvalue weighted by Crippen LogP contribution is -2.50. The summed E-state index contributed by atoms with van der Waals surface area (Å²) >= 11 is 0. The first kappa shape index (κ1) is 23.1. The predicted octanol–water partition coefficient (Wildman–Crippen LogP) is 0.992. The Balaban J connectivity index is 1.80. The number of amides is 1. The van der Waals surface area contributed by atoms with Crippen molar-refractivity contribution in [1.29, 1.82) is 0 Å². The Kier molecular flexibility index (Phi) is 9.34. The van der Waals surface area contributed by atoms with Gasteiger partial charge in [-0.1, -0.05) is 26.0 Å². The quantitative estimate of drug-likeness (QED) is 0.419. The number of benzene rings is 1. The third-order valence-corrected chi connectivity index (χ3v) is 4.88. The van der Waals surface area contributed by atoms with Crippen LogP contribution in [-0.2, 0) is 16.0 Å². The number of ether oxygens (including phenoxy) is 1. The van der Waals surface area contributed by atoms with Crippen LogP contribution in [-0.4, -0.2) is 69.2 Å². The molecule has 4 N–H and O–H groups in total. The molecule has 1 heterocycles. The van der Waals surface area contributed by atoms with Crippen LogP contribution in [0, 0.1) is 17.7 Å². The lowest BCUT2D eigenvalue weighted by Gasteiger charge is -2.34. The van der Waals surface area contributed by atoms with E-state index < -0.39 is 11.8 Å². The maximum Gasteiger partial charge on any atom is 0.222 e. The van der Waals surface area contributed by atoms with Crippen molar-refractivity contribution in [3.63, 3.8) is 0 Å². The third kappa shape index (κ3) is 8.37. The molecule has 0 saturated carbocycles. The van der Waals surface area contributed by atoms with Gasteiger partial charge in [0.15, 0.2) is 5.96 Å². The van der Waals surface area contributed by atoms with Gasteiger partial charge >= 0.3 is 0 Å². The molecule has 1 aromatic rings. The van der Waals surface area contributed by atoms with Crippen LogP contribution in [0.5, 0.6) is 0 Å². The van der Waals surface area contributed by atoms with E-state index >= 15 is 0 Å². The van der Waals surface area contributed by atoms with E-state index in [1.165, 1.54) is 12.1 Å². The fourth-order valence-electron chi connectivity index (χ4n) is 3.42. The predicted molar refractivity (Wildman–Crippen MR) is 113 cm³/mol. The van der Waals surface area contributed by atoms with Gasteiger partial charge in [0.25, 0.3) is 0 Å². The van der Waals surface area contributed by atoms with E-state index in [9.17, 15) is 9.18 Å². The zero-order valence-electron chi connectivity index (χ0n) is 17.7. The number of guanidine groups is 1. The number of carbonyl (C=O) groups is 1. The van der Waals surface area contributed by atoms with Crippen LogP contribution in [0.4, 0.5) is 4.39 Å². The summed E-state index contributed by atoms with van der Waals surface area (Å²) in [7, 11) is 1.68. The molecule has 0 spiro atoms. The number of rotatable bonds is 9. The second kappa shape index (κ2) is 11.7. The normalized spacial score (nSPS) is 19.2. The SMILES string of the molecule is CN=C(NCC1CN(CC(C)C)CCO1)NCC(Cc1ccc(F)cc1)C(N)=O. The highest BCUT2D eigenvalue weighted by atomic mass is 19.1. The summed E-state index contributed by atoms with van der Waals surface area (Å²) in [5.41, 5.74) is 6.41. The Labute approximate surface area is 172 Å². The van der Waals surface area contributed by atoms with Crippen molar-refractivity contribution >= 4 is 11.9 Å². The number of carbonyl (C=O) groups excluding carboxylic acids is 1. The second-order valence-corrected chi connectivity index (χ2v) is 7.91. The van der Waals surface area contributed by atoms with Gasteiger partial charge in [0.2, 0.25) is 5.91 Å². The molecule has 0 aliphatic carbocycles. The van der Waals surface area contributed by atoms with Crippen LogP contribution < -0.4 is 16.4 Å². The van der Waals surface area contributed by atoms with Gasteiger partial charge in [0.1, 0.15) is 5.82 Å². The molecule has 0 aromatic heterocycles. The highest BCUT2D eigenvalue weighted by Crippen LogP contribution is 2.10. The van der Waals surface area contributed by atoms with Gasteiger partial charge in [-0.2, -0.15) is 0 Å². The smallest absolute Gasteiger partial charge is 0.222 e. The first-order valence-corrected chi connectivity index (χ1v) is 10.2. The fraction of sp³-hybridized carbons (Fsp3) is 0.619. The van der Waals surface area contributed by atoms with Crippen molar-refractivity contribution in [2.75, 3.05) is 46.4 Å². The first-order valence-electron chi connectivity index (χ1n) is 10.2. The molecule has 2 rings (SSSR count). The largest absolute Gasteiger partial charge is 0.374 e. The zero-order chi connectivity index (χ0) is 21.2. The highest BCUT2D eigenvalue weighted by Gasteiger charge is 2.21. The van der Waals surface area contributed by atoms with E-state index in [0.29, 0.717) is 31.4 Å². The van der Waals surface area contributed by atoms with E-state index in [1.54, 1.807) is 19.2 Å². The Morgan fingerprint density at radius 3 is 2.69 bits per heavy atom. The average molecular weight is 408 g/mol. The number of morpholine rings is 1. The maximum atomic E-state index is 13.1. The Bertz CT molecular complexity index is 666. The maximum absolute atomic E-state index is 13.1. The van der Waals surface area contributed by atoms with Gasteiger partial charge in [-0.3, -0.25) is 14.7 Å². The van der Waals surface area contributed by atoms with Crippen LogP contribution in [0.3, 0.4) is 0 Å². The van der Waals surface area contributed by atoms with Crippen molar-refractivity contribution < 1.29 is 13.9 Å². The van der Waals surface area contributed by atoms with Gasteiger partial charge < -0.3 is 21.1 Å². The van der Waals surface area contributed by atoms with Crippen molar-refractivity contribution in [2.45, 2.75) is 26.4 Å². The molecule has 1 aromatic carbocycles. The minimum absolute atomic E-state index is 0.0900. The topological polar surface area (TPSA) is 92.0 Å². The van der Waals surface area contributed by atoms with Gasteiger partial charge in [0.05, 0.1) is 18.6 Å². The molecule has 8 heteroatoms. The molecule has 1 amide bonds. The summed E-state index contributed by atoms with van der Waals surface area (Å²) in [4.78, 5) is 18.5. The van der Waals surface area contributed by atoms with Gasteiger partial charge in [-0.15, -0.1) is 0 Å². The van der Waals surface area contributed by atoms with Crippen molar-refractivity contribution in [3.8, 4) is 0 Å². The Morgan fingerprint density at radius 1 is 1.34 bits per heavy atom. The summed E-state index contributed by atoms with van der Waals surface area (Å²) in [5, 5.41) is 6.42. The molecule has 0 radical (unpaired) electrons. The number of hydrogen-bond donors (Lipinski definition) is 3. The third-order valence-electron chi connectivity index (χ3n) is 4.88. The Hall–Kier alpha value is -2.19. The number of nitrogens with two attached hydrogens (primary N) is 1. The number of nitrogens with zero attached hydrogens (tertiary/aromatic N) is 2. The van der Waals surface area contributed by atoms with E-state index in [-0.39, 0.29) is 11.9 Å². The van der Waals surface area contributed by atoms with Crippen LogP contribution >= 0.6 is 0 Å². The summed E-state index contributed by atoms with van der Waals surface area (Å²) in [6, 6.07) is 6.10. The minimum Gasteiger partial charge on any atom is -0.374 e. The molecule has 7 nitrogen and oxygen atoms in total. The van der Waals surface area contributed by atoms with Crippen LogP contribution in [0.1, 0.15) is 19.4 Å². The number of halogens is 1. The van der Waals surface area contributed by atoms with E-state index in [0.717, 1.165) is 31.8 Å². The zero-order valence-corrected chi connectivity index (χ0v) is 17.7. The summed E-state index contributed by atoms with van der Waals surface area (Å²) in [6.45, 7) is 9.06. The van der Waals surface area contributed by atoms with Crippen LogP contribution in [0.25, 0.3) is 0 Å². The molecule has 1 aliphatic heterocycles. The van der Waals surface area contributed by atoms with Crippen LogP contribution in [0.15, 0.2) is 29.3 Å². The van der Waals surface area contributed by atoms with Crippen molar-refractivity contribution in [3.05, 3.63) is 35.6 Å². The number of primary amides is 1. The molecular weight excluding hydrogens is 373 g/mol. The molecule has 1 aliphatic rings. The lowest BCUT2D eigenvalue weighted by molar-refractivity contribution is -0.121.